The maximum atomic E-state index is 11.7. The van der Waals surface area contributed by atoms with Crippen LogP contribution in [0.2, 0.25) is 0 Å². The number of rotatable bonds is 8. The molecule has 0 radical (unpaired) electrons. The van der Waals surface area contributed by atoms with Crippen molar-refractivity contribution in [3.63, 3.8) is 0 Å². The summed E-state index contributed by atoms with van der Waals surface area (Å²) in [7, 11) is 3.23. The molecule has 1 aromatic carbocycles. The lowest BCUT2D eigenvalue weighted by molar-refractivity contribution is -0.668. The third kappa shape index (κ3) is 4.33. The van der Waals surface area contributed by atoms with Crippen LogP contribution in [0.5, 0.6) is 11.5 Å². The Bertz CT molecular complexity index is 658. The van der Waals surface area contributed by atoms with Gasteiger partial charge in [-0.2, -0.15) is 0 Å². The Morgan fingerprint density at radius 2 is 2.17 bits per heavy atom. The van der Waals surface area contributed by atoms with Crippen LogP contribution in [0.4, 0.5) is 5.82 Å². The summed E-state index contributed by atoms with van der Waals surface area (Å²) in [4.78, 5) is 11.7. The minimum Gasteiger partial charge on any atom is -0.497 e. The molecule has 0 aliphatic carbocycles. The average Bonchev–Trinajstić information content (AvgIpc) is 3.00. The number of ether oxygens (including phenoxy) is 2. The predicted molar refractivity (Wildman–Crippen MR) is 81.1 cm³/mol. The summed E-state index contributed by atoms with van der Waals surface area (Å²) in [6.07, 6.45) is 0. The van der Waals surface area contributed by atoms with E-state index < -0.39 is 5.91 Å². The molecule has 0 spiro atoms. The molecule has 9 nitrogen and oxygen atoms in total. The first-order chi connectivity index (χ1) is 11.2. The number of hydrogen-bond donors (Lipinski definition) is 3. The third-order valence-corrected chi connectivity index (χ3v) is 3.22. The molecule has 5 N–H and O–H groups in total. The highest BCUT2D eigenvalue weighted by atomic mass is 16.6. The third-order valence-electron chi connectivity index (χ3n) is 3.22. The lowest BCUT2D eigenvalue weighted by atomic mass is 10.2. The Labute approximate surface area is 133 Å². The minimum absolute atomic E-state index is 0.00169. The molecule has 0 saturated carbocycles. The van der Waals surface area contributed by atoms with Crippen LogP contribution in [-0.4, -0.2) is 43.5 Å². The molecular weight excluding hydrogens is 302 g/mol. The summed E-state index contributed by atoms with van der Waals surface area (Å²) < 4.78 is 14.9. The van der Waals surface area contributed by atoms with Gasteiger partial charge in [0.1, 0.15) is 18.0 Å². The van der Waals surface area contributed by atoms with Gasteiger partial charge in [0.25, 0.3) is 5.91 Å². The first kappa shape index (κ1) is 16.6. The van der Waals surface area contributed by atoms with Crippen LogP contribution >= 0.6 is 0 Å². The van der Waals surface area contributed by atoms with E-state index in [4.69, 9.17) is 15.2 Å². The van der Waals surface area contributed by atoms with Gasteiger partial charge in [-0.25, -0.2) is 4.63 Å². The zero-order valence-electron chi connectivity index (χ0n) is 13.0. The maximum Gasteiger partial charge on any atom is 0.277 e. The quantitative estimate of drug-likeness (QED) is 0.540. The van der Waals surface area contributed by atoms with Crippen molar-refractivity contribution in [2.75, 3.05) is 33.0 Å². The average molecular weight is 322 g/mol. The number of carbonyl (C=O) groups excluding carboxylic acids is 1. The highest BCUT2D eigenvalue weighted by molar-refractivity contribution is 5.95. The number of quaternary nitrogens is 1. The second-order valence-corrected chi connectivity index (χ2v) is 4.71. The SMILES string of the molecule is COc1ccc(C[NH2+]CCNC(=O)c2nonc2N)c(OC)c1. The number of amides is 1. The molecule has 9 heteroatoms. The lowest BCUT2D eigenvalue weighted by Gasteiger charge is -2.09. The van der Waals surface area contributed by atoms with Crippen molar-refractivity contribution in [1.82, 2.24) is 15.6 Å². The molecule has 0 aliphatic heterocycles. The Morgan fingerprint density at radius 1 is 1.35 bits per heavy atom. The zero-order chi connectivity index (χ0) is 16.7. The van der Waals surface area contributed by atoms with Gasteiger partial charge in [-0.3, -0.25) is 4.79 Å². The molecule has 0 fully saturated rings. The van der Waals surface area contributed by atoms with Crippen molar-refractivity contribution in [3.05, 3.63) is 29.5 Å². The first-order valence-corrected chi connectivity index (χ1v) is 7.04. The van der Waals surface area contributed by atoms with Gasteiger partial charge < -0.3 is 25.8 Å². The zero-order valence-corrected chi connectivity index (χ0v) is 13.0. The Balaban J connectivity index is 1.75. The fraction of sp³-hybridized carbons (Fsp3) is 0.357. The topological polar surface area (TPSA) is 129 Å². The Kier molecular flexibility index (Phi) is 5.75. The van der Waals surface area contributed by atoms with Crippen molar-refractivity contribution < 1.29 is 24.2 Å². The molecule has 0 aliphatic rings. The van der Waals surface area contributed by atoms with Gasteiger partial charge in [0.15, 0.2) is 0 Å². The van der Waals surface area contributed by atoms with Crippen LogP contribution in [-0.2, 0) is 6.54 Å². The summed E-state index contributed by atoms with van der Waals surface area (Å²) in [5.74, 6) is 1.09. The normalized spacial score (nSPS) is 10.3. The van der Waals surface area contributed by atoms with E-state index in [9.17, 15) is 4.79 Å². The van der Waals surface area contributed by atoms with Crippen molar-refractivity contribution >= 4 is 11.7 Å². The molecule has 2 aromatic rings. The number of anilines is 1. The molecule has 23 heavy (non-hydrogen) atoms. The highest BCUT2D eigenvalue weighted by Crippen LogP contribution is 2.23. The van der Waals surface area contributed by atoms with Crippen LogP contribution in [0.3, 0.4) is 0 Å². The number of carbonyl (C=O) groups is 1. The smallest absolute Gasteiger partial charge is 0.277 e. The van der Waals surface area contributed by atoms with Crippen molar-refractivity contribution in [3.8, 4) is 11.5 Å². The van der Waals surface area contributed by atoms with Gasteiger partial charge in [0, 0.05) is 11.6 Å². The predicted octanol–water partition coefficient (Wildman–Crippen LogP) is -0.838. The van der Waals surface area contributed by atoms with Crippen LogP contribution < -0.4 is 25.8 Å². The van der Waals surface area contributed by atoms with Crippen LogP contribution in [0, 0.1) is 0 Å². The molecule has 124 valence electrons. The second kappa shape index (κ2) is 7.99. The first-order valence-electron chi connectivity index (χ1n) is 7.04. The molecule has 1 aromatic heterocycles. The fourth-order valence-corrected chi connectivity index (χ4v) is 2.00. The Morgan fingerprint density at radius 3 is 2.83 bits per heavy atom. The second-order valence-electron chi connectivity index (χ2n) is 4.71. The minimum atomic E-state index is -0.404. The standard InChI is InChI=1S/C14H19N5O4/c1-21-10-4-3-9(11(7-10)22-2)8-16-5-6-17-14(20)12-13(15)19-23-18-12/h3-4,7,16H,5-6,8H2,1-2H3,(H2,15,19)(H,17,20)/p+1. The van der Waals surface area contributed by atoms with E-state index in [-0.39, 0.29) is 11.5 Å². The number of nitrogens with one attached hydrogen (secondary N) is 1. The van der Waals surface area contributed by atoms with E-state index in [1.54, 1.807) is 14.2 Å². The van der Waals surface area contributed by atoms with E-state index in [0.717, 1.165) is 23.6 Å². The van der Waals surface area contributed by atoms with Gasteiger partial charge in [0.05, 0.1) is 27.3 Å². The molecule has 2 rings (SSSR count). The van der Waals surface area contributed by atoms with Crippen LogP contribution in [0.25, 0.3) is 0 Å². The van der Waals surface area contributed by atoms with Crippen molar-refractivity contribution in [2.45, 2.75) is 6.54 Å². The molecular formula is C14H20N5O4+. The van der Waals surface area contributed by atoms with Crippen LogP contribution in [0.1, 0.15) is 16.1 Å². The molecule has 1 amide bonds. The number of nitrogens with two attached hydrogens (primary N) is 2. The van der Waals surface area contributed by atoms with Gasteiger partial charge >= 0.3 is 0 Å². The molecule has 0 saturated heterocycles. The fourth-order valence-electron chi connectivity index (χ4n) is 2.00. The summed E-state index contributed by atoms with van der Waals surface area (Å²) in [5.41, 5.74) is 6.49. The van der Waals surface area contributed by atoms with E-state index in [2.05, 4.69) is 25.6 Å². The highest BCUT2D eigenvalue weighted by Gasteiger charge is 2.15. The van der Waals surface area contributed by atoms with Gasteiger partial charge in [-0.15, -0.1) is 0 Å². The van der Waals surface area contributed by atoms with Crippen molar-refractivity contribution in [2.24, 2.45) is 0 Å². The number of nitrogens with zero attached hydrogens (tertiary/aromatic N) is 2. The van der Waals surface area contributed by atoms with E-state index in [1.165, 1.54) is 0 Å². The molecule has 0 unspecified atom stereocenters. The number of hydrogen-bond acceptors (Lipinski definition) is 7. The maximum absolute atomic E-state index is 11.7. The number of methoxy groups -OCH3 is 2. The number of benzene rings is 1. The van der Waals surface area contributed by atoms with Gasteiger partial charge in [-0.05, 0) is 22.4 Å². The lowest BCUT2D eigenvalue weighted by Crippen LogP contribution is -2.84. The monoisotopic (exact) mass is 322 g/mol. The van der Waals surface area contributed by atoms with Gasteiger partial charge in [-0.1, -0.05) is 0 Å². The summed E-state index contributed by atoms with van der Waals surface area (Å²) in [6, 6.07) is 5.67. The van der Waals surface area contributed by atoms with E-state index in [0.29, 0.717) is 13.1 Å². The van der Waals surface area contributed by atoms with Gasteiger partial charge in [0.2, 0.25) is 11.5 Å². The molecule has 1 heterocycles. The molecule has 0 atom stereocenters. The number of nitrogen functional groups attached to an aromatic ring is 1. The van der Waals surface area contributed by atoms with Crippen LogP contribution in [0.15, 0.2) is 22.8 Å². The Hall–Kier alpha value is -2.81. The largest absolute Gasteiger partial charge is 0.497 e. The van der Waals surface area contributed by atoms with E-state index in [1.807, 2.05) is 18.2 Å². The summed E-state index contributed by atoms with van der Waals surface area (Å²) >= 11 is 0. The molecule has 0 bridgehead atoms. The number of aromatic nitrogens is 2. The van der Waals surface area contributed by atoms with Crippen molar-refractivity contribution in [1.29, 1.82) is 0 Å². The van der Waals surface area contributed by atoms with E-state index >= 15 is 0 Å². The summed E-state index contributed by atoms with van der Waals surface area (Å²) in [6.45, 7) is 1.87. The summed E-state index contributed by atoms with van der Waals surface area (Å²) in [5, 5.41) is 11.5.